The molecular formula is C18H25ClN4OS. The number of aryl methyl sites for hydroxylation is 1. The zero-order valence-electron chi connectivity index (χ0n) is 14.8. The van der Waals surface area contributed by atoms with Gasteiger partial charge in [0.2, 0.25) is 0 Å². The fourth-order valence-electron chi connectivity index (χ4n) is 2.76. The van der Waals surface area contributed by atoms with Crippen LogP contribution >= 0.6 is 24.2 Å². The number of nitrogens with zero attached hydrogens (tertiary/aromatic N) is 1. The summed E-state index contributed by atoms with van der Waals surface area (Å²) >= 11 is 1.86. The molecule has 0 fully saturated rings. The molecule has 7 heteroatoms. The first-order valence-corrected chi connectivity index (χ1v) is 9.32. The van der Waals surface area contributed by atoms with Crippen LogP contribution in [0, 0.1) is 6.92 Å². The van der Waals surface area contributed by atoms with Crippen LogP contribution in [0.5, 0.6) is 0 Å². The highest BCUT2D eigenvalue weighted by atomic mass is 35.5. The zero-order valence-corrected chi connectivity index (χ0v) is 16.4. The molecule has 1 aliphatic rings. The summed E-state index contributed by atoms with van der Waals surface area (Å²) in [5.74, 6) is -0.151. The van der Waals surface area contributed by atoms with E-state index in [1.165, 1.54) is 4.90 Å². The lowest BCUT2D eigenvalue weighted by atomic mass is 10.1. The normalized spacial score (nSPS) is 14.4. The van der Waals surface area contributed by atoms with Crippen molar-refractivity contribution in [1.82, 2.24) is 15.5 Å². The summed E-state index contributed by atoms with van der Waals surface area (Å²) in [6.45, 7) is 8.06. The fraction of sp³-hybridized carbons (Fsp3) is 0.444. The lowest BCUT2D eigenvalue weighted by molar-refractivity contribution is 0.102. The van der Waals surface area contributed by atoms with Crippen molar-refractivity contribution in [2.24, 2.45) is 0 Å². The molecule has 3 rings (SSSR count). The van der Waals surface area contributed by atoms with Crippen molar-refractivity contribution in [1.29, 1.82) is 0 Å². The molecule has 3 N–H and O–H groups in total. The molecule has 1 atom stereocenters. The van der Waals surface area contributed by atoms with Gasteiger partial charge in [0.05, 0.1) is 0 Å². The summed E-state index contributed by atoms with van der Waals surface area (Å²) in [6.07, 6.45) is 2.02. The second-order valence-corrected chi connectivity index (χ2v) is 7.74. The Morgan fingerprint density at radius 2 is 2.24 bits per heavy atom. The number of thioether (sulfide) groups is 1. The molecule has 136 valence electrons. The SMILES string of the molecule is CCC(C)Sc1ccc(NC(=O)c2n[nH]c3c2CNCC3)c(C)c1.Cl. The molecule has 0 radical (unpaired) electrons. The molecule has 1 aromatic heterocycles. The van der Waals surface area contributed by atoms with E-state index in [9.17, 15) is 4.79 Å². The third-order valence-electron chi connectivity index (χ3n) is 4.38. The topological polar surface area (TPSA) is 69.8 Å². The van der Waals surface area contributed by atoms with Crippen molar-refractivity contribution < 1.29 is 4.79 Å². The number of halogens is 1. The Labute approximate surface area is 159 Å². The van der Waals surface area contributed by atoms with Crippen molar-refractivity contribution in [2.75, 3.05) is 11.9 Å². The average molecular weight is 381 g/mol. The van der Waals surface area contributed by atoms with Gasteiger partial charge >= 0.3 is 0 Å². The number of carbonyl (C=O) groups is 1. The minimum atomic E-state index is -0.151. The molecule has 25 heavy (non-hydrogen) atoms. The summed E-state index contributed by atoms with van der Waals surface area (Å²) in [5.41, 5.74) is 4.46. The third-order valence-corrected chi connectivity index (χ3v) is 5.64. The predicted molar refractivity (Wildman–Crippen MR) is 106 cm³/mol. The standard InChI is InChI=1S/C18H24N4OS.ClH/c1-4-12(3)24-13-5-6-15(11(2)9-13)20-18(23)17-14-10-19-8-7-16(14)21-22-17;/h5-6,9,12,19H,4,7-8,10H2,1-3H3,(H,20,23)(H,21,22);1H. The van der Waals surface area contributed by atoms with Crippen LogP contribution in [0.15, 0.2) is 23.1 Å². The Morgan fingerprint density at radius 3 is 2.96 bits per heavy atom. The third kappa shape index (κ3) is 4.57. The number of H-pyrrole nitrogens is 1. The highest BCUT2D eigenvalue weighted by Gasteiger charge is 2.21. The van der Waals surface area contributed by atoms with Gasteiger partial charge in [-0.3, -0.25) is 9.89 Å². The largest absolute Gasteiger partial charge is 0.320 e. The second-order valence-electron chi connectivity index (χ2n) is 6.22. The molecule has 0 bridgehead atoms. The quantitative estimate of drug-likeness (QED) is 0.687. The number of amides is 1. The minimum absolute atomic E-state index is 0. The van der Waals surface area contributed by atoms with Gasteiger partial charge < -0.3 is 10.6 Å². The van der Waals surface area contributed by atoms with Crippen LogP contribution in [0.25, 0.3) is 0 Å². The molecule has 0 saturated carbocycles. The monoisotopic (exact) mass is 380 g/mol. The minimum Gasteiger partial charge on any atom is -0.320 e. The van der Waals surface area contributed by atoms with Gasteiger partial charge in [-0.25, -0.2) is 0 Å². The maximum Gasteiger partial charge on any atom is 0.276 e. The maximum atomic E-state index is 12.6. The van der Waals surface area contributed by atoms with E-state index in [0.717, 1.165) is 41.9 Å². The Balaban J connectivity index is 0.00000225. The van der Waals surface area contributed by atoms with Gasteiger partial charge in [-0.05, 0) is 37.1 Å². The number of hydrogen-bond donors (Lipinski definition) is 3. The Morgan fingerprint density at radius 1 is 1.44 bits per heavy atom. The van der Waals surface area contributed by atoms with Crippen LogP contribution in [0.3, 0.4) is 0 Å². The van der Waals surface area contributed by atoms with Crippen LogP contribution in [0.4, 0.5) is 5.69 Å². The number of aromatic nitrogens is 2. The molecule has 1 aromatic carbocycles. The number of hydrogen-bond acceptors (Lipinski definition) is 4. The number of anilines is 1. The number of fused-ring (bicyclic) bond motifs is 1. The Hall–Kier alpha value is -1.50. The Kier molecular flexibility index (Phi) is 6.93. The van der Waals surface area contributed by atoms with Gasteiger partial charge in [0.15, 0.2) is 5.69 Å². The van der Waals surface area contributed by atoms with Crippen LogP contribution in [0.2, 0.25) is 0 Å². The van der Waals surface area contributed by atoms with E-state index in [2.05, 4.69) is 46.8 Å². The zero-order chi connectivity index (χ0) is 17.1. The van der Waals surface area contributed by atoms with E-state index >= 15 is 0 Å². The van der Waals surface area contributed by atoms with E-state index in [1.54, 1.807) is 0 Å². The average Bonchev–Trinajstić information content (AvgIpc) is 3.01. The number of benzene rings is 1. The highest BCUT2D eigenvalue weighted by Crippen LogP contribution is 2.29. The molecular weight excluding hydrogens is 356 g/mol. The van der Waals surface area contributed by atoms with Crippen LogP contribution in [-0.2, 0) is 13.0 Å². The van der Waals surface area contributed by atoms with Gasteiger partial charge in [0, 0.05) is 46.6 Å². The first kappa shape index (κ1) is 19.8. The molecule has 1 unspecified atom stereocenters. The number of carbonyl (C=O) groups excluding carboxylic acids is 1. The lowest BCUT2D eigenvalue weighted by Gasteiger charge is -2.14. The van der Waals surface area contributed by atoms with Crippen LogP contribution in [-0.4, -0.2) is 27.9 Å². The molecule has 1 aliphatic heterocycles. The van der Waals surface area contributed by atoms with Gasteiger partial charge in [0.25, 0.3) is 5.91 Å². The van der Waals surface area contributed by atoms with Gasteiger partial charge in [-0.1, -0.05) is 13.8 Å². The second kappa shape index (κ2) is 8.74. The van der Waals surface area contributed by atoms with Crippen molar-refractivity contribution in [3.63, 3.8) is 0 Å². The van der Waals surface area contributed by atoms with Crippen molar-refractivity contribution in [3.05, 3.63) is 40.7 Å². The molecule has 0 spiro atoms. The number of aromatic amines is 1. The van der Waals surface area contributed by atoms with Crippen molar-refractivity contribution in [2.45, 2.75) is 50.3 Å². The van der Waals surface area contributed by atoms with E-state index in [-0.39, 0.29) is 18.3 Å². The van der Waals surface area contributed by atoms with Gasteiger partial charge in [0.1, 0.15) is 0 Å². The van der Waals surface area contributed by atoms with Gasteiger partial charge in [-0.2, -0.15) is 5.10 Å². The fourth-order valence-corrected chi connectivity index (χ4v) is 3.78. The van der Waals surface area contributed by atoms with E-state index in [0.29, 0.717) is 17.5 Å². The van der Waals surface area contributed by atoms with Crippen LogP contribution in [0.1, 0.15) is 47.6 Å². The summed E-state index contributed by atoms with van der Waals surface area (Å²) < 4.78 is 0. The first-order chi connectivity index (χ1) is 11.6. The maximum absolute atomic E-state index is 12.6. The molecule has 2 aromatic rings. The molecule has 0 aliphatic carbocycles. The molecule has 0 saturated heterocycles. The lowest BCUT2D eigenvalue weighted by Crippen LogP contribution is -2.25. The summed E-state index contributed by atoms with van der Waals surface area (Å²) in [7, 11) is 0. The summed E-state index contributed by atoms with van der Waals surface area (Å²) in [4.78, 5) is 13.8. The summed E-state index contributed by atoms with van der Waals surface area (Å²) in [5, 5.41) is 14.1. The van der Waals surface area contributed by atoms with E-state index in [4.69, 9.17) is 0 Å². The van der Waals surface area contributed by atoms with Crippen molar-refractivity contribution >= 4 is 35.8 Å². The highest BCUT2D eigenvalue weighted by molar-refractivity contribution is 7.99. The van der Waals surface area contributed by atoms with Crippen molar-refractivity contribution in [3.8, 4) is 0 Å². The number of nitrogens with one attached hydrogen (secondary N) is 3. The molecule has 2 heterocycles. The molecule has 5 nitrogen and oxygen atoms in total. The summed E-state index contributed by atoms with van der Waals surface area (Å²) in [6, 6.07) is 6.18. The molecule has 1 amide bonds. The van der Waals surface area contributed by atoms with E-state index in [1.807, 2.05) is 24.8 Å². The Bertz CT molecular complexity index is 747. The number of rotatable bonds is 5. The first-order valence-electron chi connectivity index (χ1n) is 8.44. The predicted octanol–water partition coefficient (Wildman–Crippen LogP) is 3.93. The smallest absolute Gasteiger partial charge is 0.276 e. The van der Waals surface area contributed by atoms with Gasteiger partial charge in [-0.15, -0.1) is 24.2 Å². The van der Waals surface area contributed by atoms with Crippen LogP contribution < -0.4 is 10.6 Å². The van der Waals surface area contributed by atoms with E-state index < -0.39 is 0 Å².